The van der Waals surface area contributed by atoms with E-state index in [0.717, 1.165) is 52.0 Å². The molecule has 242 valence electrons. The van der Waals surface area contributed by atoms with Crippen LogP contribution >= 0.6 is 0 Å². The molecule has 2 fully saturated rings. The van der Waals surface area contributed by atoms with E-state index in [4.69, 9.17) is 14.7 Å². The Balaban J connectivity index is 1.42. The predicted molar refractivity (Wildman–Crippen MR) is 174 cm³/mol. The second-order valence-corrected chi connectivity index (χ2v) is 14.4. The minimum Gasteiger partial charge on any atom is -0.381 e. The number of aromatic nitrogens is 6. The van der Waals surface area contributed by atoms with Crippen LogP contribution in [0.1, 0.15) is 30.1 Å². The molecule has 4 aromatic heterocycles. The maximum Gasteiger partial charge on any atom is 0.281 e. The molecule has 7 rings (SSSR count). The van der Waals surface area contributed by atoms with Crippen LogP contribution in [-0.2, 0) is 22.0 Å². The number of rotatable bonds is 7. The van der Waals surface area contributed by atoms with E-state index in [-0.39, 0.29) is 17.8 Å². The Morgan fingerprint density at radius 3 is 2.46 bits per heavy atom. The highest BCUT2D eigenvalue weighted by molar-refractivity contribution is 7.86. The molecule has 0 radical (unpaired) electrons. The van der Waals surface area contributed by atoms with Crippen molar-refractivity contribution >= 4 is 38.1 Å². The molecule has 0 N–H and O–H groups in total. The number of nitrogens with zero attached hydrogens (tertiary/aromatic N) is 9. The van der Waals surface area contributed by atoms with Crippen LogP contribution in [0.5, 0.6) is 0 Å². The molecule has 0 saturated carbocycles. The molecule has 6 heterocycles. The van der Waals surface area contributed by atoms with E-state index in [9.17, 15) is 8.42 Å². The monoisotopic (exact) mass is 647 g/mol. The number of anilines is 1. The standard InChI is InChI=1S/C32H38FN9O3S/c1-21-30(39(4)37-36-21)23-19-27-29(34-20-23)25-9-10-28(40-13-15-41(16-14-40)46(43,44)38(2)3)35-32(25)42(27)31(22-11-17-45-18-12-22)24-7-5-6-8-26(24)33/h5-10,19-20,22,31H,11-18H2,1-4H3/t31-/m0/s1. The van der Waals surface area contributed by atoms with Crippen molar-refractivity contribution in [2.24, 2.45) is 13.0 Å². The van der Waals surface area contributed by atoms with Crippen molar-refractivity contribution in [2.75, 3.05) is 58.4 Å². The van der Waals surface area contributed by atoms with Crippen molar-refractivity contribution in [2.45, 2.75) is 25.8 Å². The second-order valence-electron chi connectivity index (χ2n) is 12.2. The van der Waals surface area contributed by atoms with Gasteiger partial charge in [-0.05, 0) is 49.9 Å². The van der Waals surface area contributed by atoms with Crippen molar-refractivity contribution in [3.63, 3.8) is 0 Å². The van der Waals surface area contributed by atoms with Crippen molar-refractivity contribution in [3.8, 4) is 11.3 Å². The number of aryl methyl sites for hydroxylation is 2. The summed E-state index contributed by atoms with van der Waals surface area (Å²) in [5, 5.41) is 9.33. The van der Waals surface area contributed by atoms with Gasteiger partial charge in [-0.2, -0.15) is 17.0 Å². The predicted octanol–water partition coefficient (Wildman–Crippen LogP) is 3.77. The molecule has 2 saturated heterocycles. The smallest absolute Gasteiger partial charge is 0.281 e. The first-order chi connectivity index (χ1) is 22.1. The highest BCUT2D eigenvalue weighted by Crippen LogP contribution is 2.42. The third kappa shape index (κ3) is 5.22. The van der Waals surface area contributed by atoms with Crippen LogP contribution in [0.25, 0.3) is 33.3 Å². The summed E-state index contributed by atoms with van der Waals surface area (Å²) in [6.07, 6.45) is 3.39. The zero-order chi connectivity index (χ0) is 32.2. The van der Waals surface area contributed by atoms with Crippen molar-refractivity contribution < 1.29 is 17.5 Å². The Labute approximate surface area is 267 Å². The largest absolute Gasteiger partial charge is 0.381 e. The number of fused-ring (bicyclic) bond motifs is 3. The SMILES string of the molecule is Cc1nnn(C)c1-c1cnc2c3ccc(N4CCN(S(=O)(=O)N(C)C)CC4)nc3n([C@H](c3ccccc3F)C3CCOCC3)c2c1. The maximum atomic E-state index is 15.8. The zero-order valence-corrected chi connectivity index (χ0v) is 27.3. The first-order valence-electron chi connectivity index (χ1n) is 15.6. The van der Waals surface area contributed by atoms with E-state index in [1.54, 1.807) is 24.8 Å². The molecule has 2 aliphatic rings. The lowest BCUT2D eigenvalue weighted by molar-refractivity contribution is 0.0548. The van der Waals surface area contributed by atoms with Gasteiger partial charge in [0.25, 0.3) is 10.2 Å². The molecule has 1 atom stereocenters. The van der Waals surface area contributed by atoms with E-state index >= 15 is 4.39 Å². The molecular formula is C32H38FN9O3S. The number of halogens is 1. The quantitative estimate of drug-likeness (QED) is 0.262. The molecule has 5 aromatic rings. The lowest BCUT2D eigenvalue weighted by Crippen LogP contribution is -2.51. The lowest BCUT2D eigenvalue weighted by Gasteiger charge is -2.36. The topological polar surface area (TPSA) is 115 Å². The highest BCUT2D eigenvalue weighted by atomic mass is 32.2. The number of hydrogen-bond donors (Lipinski definition) is 0. The van der Waals surface area contributed by atoms with Crippen LogP contribution in [0, 0.1) is 18.7 Å². The van der Waals surface area contributed by atoms with Gasteiger partial charge in [-0.25, -0.2) is 14.1 Å². The summed E-state index contributed by atoms with van der Waals surface area (Å²) in [7, 11) is 1.45. The summed E-state index contributed by atoms with van der Waals surface area (Å²) in [6.45, 7) is 4.83. The van der Waals surface area contributed by atoms with E-state index in [0.29, 0.717) is 50.6 Å². The van der Waals surface area contributed by atoms with Crippen LogP contribution in [0.3, 0.4) is 0 Å². The van der Waals surface area contributed by atoms with Crippen LogP contribution in [0.4, 0.5) is 10.2 Å². The Morgan fingerprint density at radius 2 is 1.78 bits per heavy atom. The van der Waals surface area contributed by atoms with Gasteiger partial charge in [0.2, 0.25) is 0 Å². The van der Waals surface area contributed by atoms with Crippen molar-refractivity contribution in [3.05, 3.63) is 65.7 Å². The van der Waals surface area contributed by atoms with Crippen LogP contribution in [0.15, 0.2) is 48.7 Å². The number of piperazine rings is 1. The maximum absolute atomic E-state index is 15.8. The third-order valence-corrected chi connectivity index (χ3v) is 11.2. The van der Waals surface area contributed by atoms with E-state index in [1.165, 1.54) is 14.7 Å². The molecule has 0 unspecified atom stereocenters. The van der Waals surface area contributed by atoms with Gasteiger partial charge in [0.15, 0.2) is 0 Å². The summed E-state index contributed by atoms with van der Waals surface area (Å²) in [6, 6.07) is 12.7. The Bertz CT molecular complexity index is 1990. The molecule has 0 aliphatic carbocycles. The average molecular weight is 648 g/mol. The van der Waals surface area contributed by atoms with Crippen LogP contribution in [0.2, 0.25) is 0 Å². The van der Waals surface area contributed by atoms with E-state index in [1.807, 2.05) is 44.4 Å². The summed E-state index contributed by atoms with van der Waals surface area (Å²) in [4.78, 5) is 12.3. The molecule has 1 aromatic carbocycles. The second kappa shape index (κ2) is 12.0. The Morgan fingerprint density at radius 1 is 1.04 bits per heavy atom. The molecule has 46 heavy (non-hydrogen) atoms. The van der Waals surface area contributed by atoms with Crippen LogP contribution in [-0.4, -0.2) is 100 Å². The van der Waals surface area contributed by atoms with Gasteiger partial charge < -0.3 is 14.2 Å². The number of benzene rings is 1. The highest BCUT2D eigenvalue weighted by Gasteiger charge is 2.34. The van der Waals surface area contributed by atoms with Gasteiger partial charge in [-0.3, -0.25) is 4.98 Å². The van der Waals surface area contributed by atoms with Gasteiger partial charge in [-0.15, -0.1) is 5.10 Å². The van der Waals surface area contributed by atoms with E-state index < -0.39 is 10.2 Å². The number of ether oxygens (including phenoxy) is 1. The Kier molecular flexibility index (Phi) is 7.99. The third-order valence-electron chi connectivity index (χ3n) is 9.30. The molecule has 12 nitrogen and oxygen atoms in total. The molecular weight excluding hydrogens is 609 g/mol. The molecule has 2 aliphatic heterocycles. The molecule has 0 bridgehead atoms. The first kappa shape index (κ1) is 30.7. The van der Waals surface area contributed by atoms with Crippen molar-refractivity contribution in [1.29, 1.82) is 0 Å². The minimum atomic E-state index is -3.50. The van der Waals surface area contributed by atoms with Gasteiger partial charge >= 0.3 is 0 Å². The van der Waals surface area contributed by atoms with Crippen LogP contribution < -0.4 is 4.90 Å². The zero-order valence-electron chi connectivity index (χ0n) is 26.5. The fourth-order valence-corrected chi connectivity index (χ4v) is 8.02. The fourth-order valence-electron chi connectivity index (χ4n) is 6.94. The molecule has 14 heteroatoms. The summed E-state index contributed by atoms with van der Waals surface area (Å²) in [5.41, 5.74) is 5.45. The number of hydrogen-bond acceptors (Lipinski definition) is 8. The average Bonchev–Trinajstić information content (AvgIpc) is 3.57. The number of pyridine rings is 2. The van der Waals surface area contributed by atoms with Crippen molar-refractivity contribution in [1.82, 2.24) is 38.1 Å². The normalized spacial score (nSPS) is 17.8. The van der Waals surface area contributed by atoms with E-state index in [2.05, 4.69) is 25.8 Å². The van der Waals surface area contributed by atoms with Gasteiger partial charge in [0, 0.05) is 83.2 Å². The summed E-state index contributed by atoms with van der Waals surface area (Å²) >= 11 is 0. The lowest BCUT2D eigenvalue weighted by atomic mass is 9.86. The first-order valence-corrected chi connectivity index (χ1v) is 17.0. The molecule has 0 amide bonds. The summed E-state index contributed by atoms with van der Waals surface area (Å²) in [5.74, 6) is 0.572. The fraction of sp³-hybridized carbons (Fsp3) is 0.438. The van der Waals surface area contributed by atoms with Gasteiger partial charge in [-0.1, -0.05) is 23.4 Å². The van der Waals surface area contributed by atoms with Gasteiger partial charge in [0.1, 0.15) is 17.3 Å². The minimum absolute atomic E-state index is 0.0958. The summed E-state index contributed by atoms with van der Waals surface area (Å²) < 4.78 is 53.7. The Hall–Kier alpha value is -3.98. The molecule has 0 spiro atoms. The van der Waals surface area contributed by atoms with Gasteiger partial charge in [0.05, 0.1) is 28.5 Å².